The summed E-state index contributed by atoms with van der Waals surface area (Å²) < 4.78 is 6.76. The summed E-state index contributed by atoms with van der Waals surface area (Å²) in [7, 11) is 0. The number of benzene rings is 10. The first-order valence-electron chi connectivity index (χ1n) is 23.1. The molecule has 11 aromatic rings. The van der Waals surface area contributed by atoms with Gasteiger partial charge in [0.15, 0.2) is 0 Å². The Balaban J connectivity index is 1.03. The van der Waals surface area contributed by atoms with E-state index in [2.05, 4.69) is 243 Å². The van der Waals surface area contributed by atoms with E-state index in [1.54, 1.807) is 0 Å². The molecular weight excluding hydrogens is 799 g/mol. The van der Waals surface area contributed by atoms with Crippen molar-refractivity contribution in [2.45, 2.75) is 24.7 Å². The van der Waals surface area contributed by atoms with Gasteiger partial charge in [0.25, 0.3) is 0 Å². The Morgan fingerprint density at radius 2 is 0.818 bits per heavy atom. The smallest absolute Gasteiger partial charge is 0.143 e. The number of fused-ring (bicyclic) bond motifs is 16. The molecule has 1 spiro atoms. The third-order valence-electron chi connectivity index (χ3n) is 15.1. The van der Waals surface area contributed by atoms with Crippen molar-refractivity contribution >= 4 is 39.0 Å². The molecule has 0 aliphatic heterocycles. The molecule has 0 saturated carbocycles. The van der Waals surface area contributed by atoms with Crippen LogP contribution in [-0.2, 0) is 10.8 Å². The molecule has 2 nitrogen and oxygen atoms in total. The summed E-state index contributed by atoms with van der Waals surface area (Å²) in [6, 6.07) is 83.1. The molecule has 0 unspecified atom stereocenters. The monoisotopic (exact) mass is 841 g/mol. The minimum absolute atomic E-state index is 0.0766. The van der Waals surface area contributed by atoms with Crippen LogP contribution < -0.4 is 4.90 Å². The number of hydrogen-bond acceptors (Lipinski definition) is 2. The van der Waals surface area contributed by atoms with E-state index in [4.69, 9.17) is 4.42 Å². The van der Waals surface area contributed by atoms with Gasteiger partial charge in [-0.15, -0.1) is 0 Å². The third-order valence-corrected chi connectivity index (χ3v) is 15.1. The van der Waals surface area contributed by atoms with Crippen molar-refractivity contribution in [3.8, 4) is 55.6 Å². The van der Waals surface area contributed by atoms with E-state index in [1.807, 2.05) is 0 Å². The predicted molar refractivity (Wildman–Crippen MR) is 273 cm³/mol. The summed E-state index contributed by atoms with van der Waals surface area (Å²) in [5.41, 5.74) is 25.0. The molecule has 0 saturated heterocycles. The van der Waals surface area contributed by atoms with Crippen LogP contribution in [0.5, 0.6) is 0 Å². The van der Waals surface area contributed by atoms with Crippen LogP contribution in [0.2, 0.25) is 0 Å². The normalized spacial score (nSPS) is 14.2. The van der Waals surface area contributed by atoms with Gasteiger partial charge in [-0.05, 0) is 103 Å². The molecule has 0 amide bonds. The van der Waals surface area contributed by atoms with Crippen molar-refractivity contribution in [1.82, 2.24) is 0 Å². The fourth-order valence-corrected chi connectivity index (χ4v) is 12.4. The highest BCUT2D eigenvalue weighted by Gasteiger charge is 2.52. The summed E-state index contributed by atoms with van der Waals surface area (Å²) in [5.74, 6) is 0. The number of rotatable bonds is 5. The third kappa shape index (κ3) is 4.85. The van der Waals surface area contributed by atoms with Crippen LogP contribution in [0.4, 0.5) is 17.1 Å². The minimum atomic E-state index is -0.470. The maximum absolute atomic E-state index is 6.76. The second-order valence-corrected chi connectivity index (χ2v) is 18.7. The average Bonchev–Trinajstić information content (AvgIpc) is 4.07. The number of nitrogens with zero attached hydrogens (tertiary/aromatic N) is 1. The van der Waals surface area contributed by atoms with E-state index in [0.29, 0.717) is 0 Å². The predicted octanol–water partition coefficient (Wildman–Crippen LogP) is 17.0. The molecule has 3 aliphatic carbocycles. The molecule has 2 heteroatoms. The van der Waals surface area contributed by atoms with Gasteiger partial charge in [0.2, 0.25) is 0 Å². The summed E-state index contributed by atoms with van der Waals surface area (Å²) >= 11 is 0. The standard InChI is InChI=1S/C64H43NO/c1-63(2)51-27-9-5-22-49(51)60-42(24-16-31-55(60)63)40-36-38-41(39-37-40)65(57-33-13-7-20-45(57)47-25-15-26-48-46-21-8-14-35-59(46)66-62(47)48)58-34-17-32-56-61(58)50-23-6-12-30-54(50)64(56)52-28-10-3-18-43(52)44-19-4-11-29-53(44)64/h3-39H,1-2H3. The number of furan rings is 1. The van der Waals surface area contributed by atoms with Crippen molar-refractivity contribution in [3.05, 3.63) is 258 Å². The zero-order chi connectivity index (χ0) is 43.7. The topological polar surface area (TPSA) is 16.4 Å². The van der Waals surface area contributed by atoms with Crippen LogP contribution in [0.15, 0.2) is 229 Å². The Morgan fingerprint density at radius 1 is 0.333 bits per heavy atom. The quantitative estimate of drug-likeness (QED) is 0.172. The number of para-hydroxylation sites is 3. The fraction of sp³-hybridized carbons (Fsp3) is 0.0625. The average molecular weight is 842 g/mol. The largest absolute Gasteiger partial charge is 0.455 e. The minimum Gasteiger partial charge on any atom is -0.455 e. The Morgan fingerprint density at radius 3 is 1.56 bits per heavy atom. The highest BCUT2D eigenvalue weighted by molar-refractivity contribution is 6.11. The maximum atomic E-state index is 6.76. The van der Waals surface area contributed by atoms with E-state index in [0.717, 1.165) is 50.1 Å². The molecule has 0 bridgehead atoms. The molecule has 66 heavy (non-hydrogen) atoms. The van der Waals surface area contributed by atoms with Crippen LogP contribution in [0.3, 0.4) is 0 Å². The van der Waals surface area contributed by atoms with Gasteiger partial charge in [-0.2, -0.15) is 0 Å². The molecule has 0 fully saturated rings. The van der Waals surface area contributed by atoms with Gasteiger partial charge in [-0.25, -0.2) is 0 Å². The molecule has 0 atom stereocenters. The van der Waals surface area contributed by atoms with Crippen LogP contribution >= 0.6 is 0 Å². The lowest BCUT2D eigenvalue weighted by Crippen LogP contribution is -2.26. The Bertz CT molecular complexity index is 3760. The fourth-order valence-electron chi connectivity index (χ4n) is 12.4. The lowest BCUT2D eigenvalue weighted by atomic mass is 9.70. The van der Waals surface area contributed by atoms with Crippen molar-refractivity contribution in [2.75, 3.05) is 4.90 Å². The summed E-state index contributed by atoms with van der Waals surface area (Å²) in [4.78, 5) is 2.51. The Labute approximate surface area is 384 Å². The molecule has 3 aliphatic rings. The molecule has 1 aromatic heterocycles. The van der Waals surface area contributed by atoms with E-state index in [1.165, 1.54) is 77.9 Å². The lowest BCUT2D eigenvalue weighted by molar-refractivity contribution is 0.660. The summed E-state index contributed by atoms with van der Waals surface area (Å²) in [6.45, 7) is 4.71. The summed E-state index contributed by atoms with van der Waals surface area (Å²) in [5, 5.41) is 2.24. The van der Waals surface area contributed by atoms with Crippen LogP contribution in [0.1, 0.15) is 47.2 Å². The van der Waals surface area contributed by atoms with Gasteiger partial charge in [0.05, 0.1) is 16.8 Å². The van der Waals surface area contributed by atoms with Crippen molar-refractivity contribution in [2.24, 2.45) is 0 Å². The van der Waals surface area contributed by atoms with Gasteiger partial charge in [-0.3, -0.25) is 0 Å². The van der Waals surface area contributed by atoms with Crippen molar-refractivity contribution < 1.29 is 4.42 Å². The highest BCUT2D eigenvalue weighted by Crippen LogP contribution is 2.65. The van der Waals surface area contributed by atoms with Crippen LogP contribution in [0, 0.1) is 0 Å². The first-order valence-corrected chi connectivity index (χ1v) is 23.1. The number of anilines is 3. The molecule has 14 rings (SSSR count). The van der Waals surface area contributed by atoms with E-state index in [-0.39, 0.29) is 5.41 Å². The molecular formula is C64H43NO. The van der Waals surface area contributed by atoms with Gasteiger partial charge < -0.3 is 9.32 Å². The van der Waals surface area contributed by atoms with Crippen LogP contribution in [0.25, 0.3) is 77.6 Å². The van der Waals surface area contributed by atoms with E-state index in [9.17, 15) is 0 Å². The number of hydrogen-bond donors (Lipinski definition) is 0. The summed E-state index contributed by atoms with van der Waals surface area (Å²) in [6.07, 6.45) is 0. The van der Waals surface area contributed by atoms with E-state index < -0.39 is 5.41 Å². The first-order chi connectivity index (χ1) is 32.5. The lowest BCUT2D eigenvalue weighted by Gasteiger charge is -2.32. The Kier molecular flexibility index (Phi) is 7.70. The molecule has 1 heterocycles. The van der Waals surface area contributed by atoms with Gasteiger partial charge in [-0.1, -0.05) is 208 Å². The van der Waals surface area contributed by atoms with Gasteiger partial charge in [0.1, 0.15) is 11.2 Å². The SMILES string of the molecule is CC1(C)c2ccccc2-c2c(-c3ccc(N(c4ccccc4-c4cccc5c4oc4ccccc45)c4cccc5c4-c4ccccc4C54c5ccccc5-c5ccccc54)cc3)cccc21. The second kappa shape index (κ2) is 13.7. The Hall–Kier alpha value is -8.20. The van der Waals surface area contributed by atoms with Crippen molar-refractivity contribution in [3.63, 3.8) is 0 Å². The van der Waals surface area contributed by atoms with Crippen LogP contribution in [-0.4, -0.2) is 0 Å². The van der Waals surface area contributed by atoms with Crippen molar-refractivity contribution in [1.29, 1.82) is 0 Å². The zero-order valence-corrected chi connectivity index (χ0v) is 36.7. The highest BCUT2D eigenvalue weighted by atomic mass is 16.3. The molecule has 0 N–H and O–H groups in total. The zero-order valence-electron chi connectivity index (χ0n) is 36.7. The van der Waals surface area contributed by atoms with Gasteiger partial charge >= 0.3 is 0 Å². The molecule has 310 valence electrons. The first kappa shape index (κ1) is 37.2. The molecule has 0 radical (unpaired) electrons. The van der Waals surface area contributed by atoms with Gasteiger partial charge in [0, 0.05) is 38.6 Å². The second-order valence-electron chi connectivity index (χ2n) is 18.7. The van der Waals surface area contributed by atoms with E-state index >= 15 is 0 Å². The molecule has 10 aromatic carbocycles. The maximum Gasteiger partial charge on any atom is 0.143 e.